The Balaban J connectivity index is 1.46. The second kappa shape index (κ2) is 8.93. The zero-order chi connectivity index (χ0) is 22.0. The summed E-state index contributed by atoms with van der Waals surface area (Å²) in [5.74, 6) is 0.814. The number of rotatable bonds is 3. The molecule has 0 saturated carbocycles. The number of aliphatic imine (C=N–C) groups is 2. The van der Waals surface area contributed by atoms with Crippen molar-refractivity contribution >= 4 is 45.8 Å². The molecule has 2 heterocycles. The van der Waals surface area contributed by atoms with Crippen molar-refractivity contribution < 1.29 is 9.53 Å². The van der Waals surface area contributed by atoms with Gasteiger partial charge in [-0.25, -0.2) is 9.79 Å². The Kier molecular flexibility index (Phi) is 6.25. The summed E-state index contributed by atoms with van der Waals surface area (Å²) in [6.45, 7) is 3.09. The summed E-state index contributed by atoms with van der Waals surface area (Å²) in [6, 6.07) is 13.3. The number of urea groups is 1. The highest BCUT2D eigenvalue weighted by atomic mass is 35.5. The molecule has 2 aromatic rings. The van der Waals surface area contributed by atoms with E-state index in [-0.39, 0.29) is 6.03 Å². The number of halogens is 1. The van der Waals surface area contributed by atoms with Crippen LogP contribution in [0.2, 0.25) is 5.02 Å². The Hall–Kier alpha value is -2.51. The Morgan fingerprint density at radius 2 is 1.87 bits per heavy atom. The SMILES string of the molecule is COc1ccc(C2=NC3(CCN(C(=O)Nc4cccc(Cl)c4C)CC3)N=C2SC)cc1. The first kappa shape index (κ1) is 21.7. The average Bonchev–Trinajstić information content (AvgIpc) is 3.15. The highest BCUT2D eigenvalue weighted by Gasteiger charge is 2.40. The maximum absolute atomic E-state index is 12.8. The van der Waals surface area contributed by atoms with Crippen molar-refractivity contribution in [2.24, 2.45) is 9.98 Å². The number of methoxy groups -OCH3 is 1. The summed E-state index contributed by atoms with van der Waals surface area (Å²) in [5.41, 5.74) is 3.06. The number of nitrogens with one attached hydrogen (secondary N) is 1. The van der Waals surface area contributed by atoms with Crippen molar-refractivity contribution in [1.82, 2.24) is 4.90 Å². The van der Waals surface area contributed by atoms with E-state index in [2.05, 4.69) is 5.32 Å². The van der Waals surface area contributed by atoms with Gasteiger partial charge in [0.25, 0.3) is 0 Å². The fraction of sp³-hybridized carbons (Fsp3) is 0.348. The zero-order valence-corrected chi connectivity index (χ0v) is 19.4. The smallest absolute Gasteiger partial charge is 0.321 e. The lowest BCUT2D eigenvalue weighted by molar-refractivity contribution is 0.175. The molecule has 0 unspecified atom stereocenters. The van der Waals surface area contributed by atoms with Crippen LogP contribution in [-0.2, 0) is 0 Å². The van der Waals surface area contributed by atoms with Gasteiger partial charge in [0, 0.05) is 42.2 Å². The number of piperidine rings is 1. The van der Waals surface area contributed by atoms with E-state index < -0.39 is 5.66 Å². The van der Waals surface area contributed by atoms with Gasteiger partial charge >= 0.3 is 6.03 Å². The predicted molar refractivity (Wildman–Crippen MR) is 129 cm³/mol. The van der Waals surface area contributed by atoms with E-state index >= 15 is 0 Å². The van der Waals surface area contributed by atoms with Crippen LogP contribution in [0.5, 0.6) is 5.75 Å². The van der Waals surface area contributed by atoms with Crippen molar-refractivity contribution in [1.29, 1.82) is 0 Å². The van der Waals surface area contributed by atoms with Crippen molar-refractivity contribution in [2.75, 3.05) is 31.8 Å². The summed E-state index contributed by atoms with van der Waals surface area (Å²) >= 11 is 7.78. The number of likely N-dealkylation sites (tertiary alicyclic amines) is 1. The van der Waals surface area contributed by atoms with Crippen LogP contribution < -0.4 is 10.1 Å². The molecule has 0 bridgehead atoms. The summed E-state index contributed by atoms with van der Waals surface area (Å²) in [6.07, 6.45) is 3.41. The maximum atomic E-state index is 12.8. The Labute approximate surface area is 191 Å². The third kappa shape index (κ3) is 4.43. The molecule has 2 aliphatic rings. The predicted octanol–water partition coefficient (Wildman–Crippen LogP) is 5.25. The van der Waals surface area contributed by atoms with Crippen molar-refractivity contribution in [3.05, 3.63) is 58.6 Å². The molecule has 2 aliphatic heterocycles. The minimum Gasteiger partial charge on any atom is -0.497 e. The van der Waals surface area contributed by atoms with Gasteiger partial charge in [-0.2, -0.15) is 0 Å². The first-order chi connectivity index (χ1) is 14.9. The number of amides is 2. The fourth-order valence-corrected chi connectivity index (χ4v) is 4.62. The Morgan fingerprint density at radius 3 is 2.52 bits per heavy atom. The van der Waals surface area contributed by atoms with E-state index in [1.165, 1.54) is 0 Å². The van der Waals surface area contributed by atoms with Crippen LogP contribution in [0.15, 0.2) is 52.4 Å². The lowest BCUT2D eigenvalue weighted by atomic mass is 9.98. The number of hydrogen-bond donors (Lipinski definition) is 1. The van der Waals surface area contributed by atoms with Crippen LogP contribution in [0, 0.1) is 6.92 Å². The van der Waals surface area contributed by atoms with E-state index in [1.807, 2.05) is 60.5 Å². The van der Waals surface area contributed by atoms with Crippen LogP contribution in [0.4, 0.5) is 10.5 Å². The summed E-state index contributed by atoms with van der Waals surface area (Å²) < 4.78 is 5.26. The largest absolute Gasteiger partial charge is 0.497 e. The monoisotopic (exact) mass is 456 g/mol. The molecular formula is C23H25ClN4O2S. The summed E-state index contributed by atoms with van der Waals surface area (Å²) in [5, 5.41) is 4.56. The van der Waals surface area contributed by atoms with E-state index in [4.69, 9.17) is 26.3 Å². The molecule has 1 spiro atoms. The minimum atomic E-state index is -0.490. The van der Waals surface area contributed by atoms with Crippen LogP contribution in [0.25, 0.3) is 0 Å². The molecular weight excluding hydrogens is 432 g/mol. The molecule has 0 aromatic heterocycles. The number of carbonyl (C=O) groups excluding carboxylic acids is 1. The topological polar surface area (TPSA) is 66.3 Å². The third-order valence-corrected chi connectivity index (χ3v) is 6.83. The normalized spacial score (nSPS) is 17.4. The molecule has 1 fully saturated rings. The second-order valence-corrected chi connectivity index (χ2v) is 8.82. The minimum absolute atomic E-state index is 0.119. The number of thioether (sulfide) groups is 1. The quantitative estimate of drug-likeness (QED) is 0.686. The highest BCUT2D eigenvalue weighted by molar-refractivity contribution is 8.15. The Morgan fingerprint density at radius 1 is 1.16 bits per heavy atom. The molecule has 1 N–H and O–H groups in total. The molecule has 0 atom stereocenters. The highest BCUT2D eigenvalue weighted by Crippen LogP contribution is 2.35. The van der Waals surface area contributed by atoms with Gasteiger partial charge in [0.15, 0.2) is 5.66 Å². The van der Waals surface area contributed by atoms with Gasteiger partial charge in [0.05, 0.1) is 12.8 Å². The average molecular weight is 457 g/mol. The van der Waals surface area contributed by atoms with Crippen molar-refractivity contribution in [3.8, 4) is 5.75 Å². The zero-order valence-electron chi connectivity index (χ0n) is 17.8. The molecule has 0 radical (unpaired) electrons. The van der Waals surface area contributed by atoms with E-state index in [1.54, 1.807) is 18.9 Å². The van der Waals surface area contributed by atoms with Crippen LogP contribution in [0.1, 0.15) is 24.0 Å². The summed E-state index contributed by atoms with van der Waals surface area (Å²) in [4.78, 5) is 24.6. The number of hydrogen-bond acceptors (Lipinski definition) is 5. The first-order valence-electron chi connectivity index (χ1n) is 10.1. The molecule has 6 nitrogen and oxygen atoms in total. The molecule has 31 heavy (non-hydrogen) atoms. The van der Waals surface area contributed by atoms with Gasteiger partial charge in [-0.05, 0) is 55.1 Å². The van der Waals surface area contributed by atoms with E-state index in [9.17, 15) is 4.79 Å². The third-order valence-electron chi connectivity index (χ3n) is 5.75. The molecule has 2 aromatic carbocycles. The van der Waals surface area contributed by atoms with Gasteiger partial charge in [-0.1, -0.05) is 17.7 Å². The molecule has 8 heteroatoms. The van der Waals surface area contributed by atoms with Crippen LogP contribution >= 0.6 is 23.4 Å². The number of anilines is 1. The van der Waals surface area contributed by atoms with E-state index in [0.717, 1.165) is 33.3 Å². The standard InChI is InChI=1S/C23H25ClN4O2S/c1-15-18(24)5-4-6-19(15)25-22(29)28-13-11-23(12-14-28)26-20(21(27-23)31-3)16-7-9-17(30-2)10-8-16/h4-10H,11-14H2,1-3H3,(H,25,29). The molecule has 2 amide bonds. The molecule has 1 saturated heterocycles. The van der Waals surface area contributed by atoms with Crippen LogP contribution in [-0.4, -0.2) is 53.8 Å². The van der Waals surface area contributed by atoms with Crippen LogP contribution in [0.3, 0.4) is 0 Å². The van der Waals surface area contributed by atoms with E-state index in [0.29, 0.717) is 31.0 Å². The second-order valence-electron chi connectivity index (χ2n) is 7.62. The summed E-state index contributed by atoms with van der Waals surface area (Å²) in [7, 11) is 1.66. The van der Waals surface area contributed by atoms with Gasteiger partial charge in [0.1, 0.15) is 10.8 Å². The van der Waals surface area contributed by atoms with Gasteiger partial charge in [-0.3, -0.25) is 4.99 Å². The van der Waals surface area contributed by atoms with Gasteiger partial charge in [-0.15, -0.1) is 11.8 Å². The van der Waals surface area contributed by atoms with Crippen molar-refractivity contribution in [3.63, 3.8) is 0 Å². The number of nitrogens with zero attached hydrogens (tertiary/aromatic N) is 3. The van der Waals surface area contributed by atoms with Gasteiger partial charge < -0.3 is 15.0 Å². The number of carbonyl (C=O) groups is 1. The Bertz CT molecular complexity index is 1040. The lowest BCUT2D eigenvalue weighted by Crippen LogP contribution is -2.46. The first-order valence-corrected chi connectivity index (χ1v) is 11.7. The fourth-order valence-electron chi connectivity index (χ4n) is 3.83. The molecule has 4 rings (SSSR count). The molecule has 162 valence electrons. The van der Waals surface area contributed by atoms with Gasteiger partial charge in [0.2, 0.25) is 0 Å². The molecule has 0 aliphatic carbocycles. The lowest BCUT2D eigenvalue weighted by Gasteiger charge is -2.35. The van der Waals surface area contributed by atoms with Crippen molar-refractivity contribution in [2.45, 2.75) is 25.4 Å². The maximum Gasteiger partial charge on any atom is 0.321 e. The number of benzene rings is 2. The number of ether oxygens (including phenoxy) is 1.